The Hall–Kier alpha value is -1.88. The topological polar surface area (TPSA) is 49.8 Å². The van der Waals surface area contributed by atoms with Crippen molar-refractivity contribution < 1.29 is 4.39 Å². The van der Waals surface area contributed by atoms with Gasteiger partial charge in [0, 0.05) is 6.54 Å². The zero-order chi connectivity index (χ0) is 13.7. The average Bonchev–Trinajstić information content (AvgIpc) is 2.41. The van der Waals surface area contributed by atoms with Crippen LogP contribution in [0.2, 0.25) is 5.02 Å². The lowest BCUT2D eigenvalue weighted by atomic mass is 10.3. The van der Waals surface area contributed by atoms with E-state index in [9.17, 15) is 4.39 Å². The number of aromatic nitrogens is 2. The highest BCUT2D eigenvalue weighted by Crippen LogP contribution is 2.25. The maximum Gasteiger partial charge on any atom is 0.151 e. The minimum absolute atomic E-state index is 0.361. The van der Waals surface area contributed by atoms with E-state index in [1.807, 2.05) is 0 Å². The van der Waals surface area contributed by atoms with E-state index in [0.29, 0.717) is 22.3 Å². The number of halogens is 2. The second-order valence-electron chi connectivity index (χ2n) is 3.97. The van der Waals surface area contributed by atoms with Crippen LogP contribution in [0.25, 0.3) is 0 Å². The van der Waals surface area contributed by atoms with Crippen LogP contribution < -0.4 is 10.6 Å². The zero-order valence-corrected chi connectivity index (χ0v) is 11.2. The van der Waals surface area contributed by atoms with E-state index in [-0.39, 0.29) is 5.82 Å². The van der Waals surface area contributed by atoms with Gasteiger partial charge in [-0.05, 0) is 24.6 Å². The Bertz CT molecular complexity index is 562. The predicted molar refractivity (Wildman–Crippen MR) is 75.5 cm³/mol. The smallest absolute Gasteiger partial charge is 0.151 e. The summed E-state index contributed by atoms with van der Waals surface area (Å²) in [7, 11) is 0. The molecular weight excluding hydrogens is 267 g/mol. The van der Waals surface area contributed by atoms with Crippen LogP contribution >= 0.6 is 11.6 Å². The first-order chi connectivity index (χ1) is 9.19. The normalized spacial score (nSPS) is 10.3. The number of benzene rings is 1. The molecule has 6 heteroatoms. The fourth-order valence-electron chi connectivity index (χ4n) is 1.50. The van der Waals surface area contributed by atoms with Crippen molar-refractivity contribution >= 4 is 28.9 Å². The number of hydrogen-bond donors (Lipinski definition) is 2. The summed E-state index contributed by atoms with van der Waals surface area (Å²) in [5, 5.41) is 6.50. The molecule has 0 spiro atoms. The molecule has 0 unspecified atom stereocenters. The third-order valence-electron chi connectivity index (χ3n) is 2.38. The van der Waals surface area contributed by atoms with Gasteiger partial charge in [0.25, 0.3) is 0 Å². The van der Waals surface area contributed by atoms with Gasteiger partial charge in [0.2, 0.25) is 0 Å². The first kappa shape index (κ1) is 13.5. The second kappa shape index (κ2) is 6.33. The molecule has 0 saturated carbocycles. The molecule has 0 bridgehead atoms. The van der Waals surface area contributed by atoms with Crippen molar-refractivity contribution in [3.05, 3.63) is 41.4 Å². The van der Waals surface area contributed by atoms with Crippen LogP contribution in [0.3, 0.4) is 0 Å². The number of nitrogens with one attached hydrogen (secondary N) is 2. The molecule has 4 nitrogen and oxygen atoms in total. The van der Waals surface area contributed by atoms with E-state index < -0.39 is 0 Å². The summed E-state index contributed by atoms with van der Waals surface area (Å²) in [6.45, 7) is 2.88. The van der Waals surface area contributed by atoms with E-state index >= 15 is 0 Å². The maximum atomic E-state index is 13.1. The van der Waals surface area contributed by atoms with Crippen LogP contribution in [0.4, 0.5) is 21.7 Å². The summed E-state index contributed by atoms with van der Waals surface area (Å²) in [4.78, 5) is 8.37. The molecule has 0 saturated heterocycles. The van der Waals surface area contributed by atoms with E-state index in [4.69, 9.17) is 11.6 Å². The largest absolute Gasteiger partial charge is 0.369 e. The van der Waals surface area contributed by atoms with Gasteiger partial charge in [-0.25, -0.2) is 9.37 Å². The number of hydrogen-bond acceptors (Lipinski definition) is 4. The van der Waals surface area contributed by atoms with Crippen LogP contribution in [0.1, 0.15) is 13.3 Å². The van der Waals surface area contributed by atoms with Crippen LogP contribution in [0, 0.1) is 5.82 Å². The molecule has 0 aliphatic rings. The van der Waals surface area contributed by atoms with E-state index in [1.165, 1.54) is 18.2 Å². The Balaban J connectivity index is 2.16. The summed E-state index contributed by atoms with van der Waals surface area (Å²) in [6.07, 6.45) is 4.18. The number of anilines is 3. The first-order valence-electron chi connectivity index (χ1n) is 5.97. The van der Waals surface area contributed by atoms with Gasteiger partial charge in [-0.3, -0.25) is 4.98 Å². The molecule has 0 fully saturated rings. The molecule has 19 heavy (non-hydrogen) atoms. The van der Waals surface area contributed by atoms with Crippen LogP contribution in [0.5, 0.6) is 0 Å². The van der Waals surface area contributed by atoms with Gasteiger partial charge >= 0.3 is 0 Å². The van der Waals surface area contributed by atoms with Crippen molar-refractivity contribution in [3.63, 3.8) is 0 Å². The SMILES string of the molecule is CCCNc1cncc(Nc2cc(F)ccc2Cl)n1. The van der Waals surface area contributed by atoms with Gasteiger partial charge < -0.3 is 10.6 Å². The molecule has 2 rings (SSSR count). The lowest BCUT2D eigenvalue weighted by Gasteiger charge is -2.09. The van der Waals surface area contributed by atoms with Crippen molar-refractivity contribution in [2.45, 2.75) is 13.3 Å². The fourth-order valence-corrected chi connectivity index (χ4v) is 1.66. The molecule has 100 valence electrons. The Morgan fingerprint density at radius 1 is 1.26 bits per heavy atom. The van der Waals surface area contributed by atoms with Gasteiger partial charge in [-0.1, -0.05) is 18.5 Å². The second-order valence-corrected chi connectivity index (χ2v) is 4.37. The highest BCUT2D eigenvalue weighted by molar-refractivity contribution is 6.33. The molecule has 1 heterocycles. The summed E-state index contributed by atoms with van der Waals surface area (Å²) in [6, 6.07) is 4.11. The molecule has 1 aromatic heterocycles. The van der Waals surface area contributed by atoms with Crippen molar-refractivity contribution in [2.75, 3.05) is 17.2 Å². The molecule has 2 N–H and O–H groups in total. The minimum atomic E-state index is -0.361. The zero-order valence-electron chi connectivity index (χ0n) is 10.5. The Kier molecular flexibility index (Phi) is 4.52. The van der Waals surface area contributed by atoms with Crippen molar-refractivity contribution in [1.29, 1.82) is 0 Å². The third kappa shape index (κ3) is 3.79. The van der Waals surface area contributed by atoms with Gasteiger partial charge in [-0.2, -0.15) is 0 Å². The third-order valence-corrected chi connectivity index (χ3v) is 2.71. The van der Waals surface area contributed by atoms with E-state index in [2.05, 4.69) is 27.5 Å². The van der Waals surface area contributed by atoms with E-state index in [1.54, 1.807) is 12.4 Å². The molecule has 2 aromatic rings. The molecule has 0 aliphatic carbocycles. The summed E-state index contributed by atoms with van der Waals surface area (Å²) in [5.41, 5.74) is 0.462. The lowest BCUT2D eigenvalue weighted by Crippen LogP contribution is -2.04. The summed E-state index contributed by atoms with van der Waals surface area (Å²) < 4.78 is 13.1. The van der Waals surface area contributed by atoms with Crippen LogP contribution in [-0.2, 0) is 0 Å². The van der Waals surface area contributed by atoms with Gasteiger partial charge in [-0.15, -0.1) is 0 Å². The van der Waals surface area contributed by atoms with Crippen LogP contribution in [0.15, 0.2) is 30.6 Å². The summed E-state index contributed by atoms with van der Waals surface area (Å²) >= 11 is 5.98. The van der Waals surface area contributed by atoms with E-state index in [0.717, 1.165) is 13.0 Å². The Labute approximate surface area is 116 Å². The standard InChI is InChI=1S/C13H14ClFN4/c1-2-5-17-12-7-16-8-13(19-12)18-11-6-9(15)3-4-10(11)14/h3-4,6-8H,2,5H2,1H3,(H2,17,18,19). The monoisotopic (exact) mass is 280 g/mol. The minimum Gasteiger partial charge on any atom is -0.369 e. The Morgan fingerprint density at radius 2 is 2.05 bits per heavy atom. The molecule has 0 atom stereocenters. The van der Waals surface area contributed by atoms with Crippen molar-refractivity contribution in [3.8, 4) is 0 Å². The van der Waals surface area contributed by atoms with Crippen molar-refractivity contribution in [1.82, 2.24) is 9.97 Å². The Morgan fingerprint density at radius 3 is 2.84 bits per heavy atom. The number of rotatable bonds is 5. The molecule has 0 aliphatic heterocycles. The van der Waals surface area contributed by atoms with Gasteiger partial charge in [0.05, 0.1) is 23.1 Å². The maximum absolute atomic E-state index is 13.1. The molecule has 0 radical (unpaired) electrons. The average molecular weight is 281 g/mol. The number of nitrogens with zero attached hydrogens (tertiary/aromatic N) is 2. The van der Waals surface area contributed by atoms with Crippen molar-refractivity contribution in [2.24, 2.45) is 0 Å². The van der Waals surface area contributed by atoms with Gasteiger partial charge in [0.15, 0.2) is 5.82 Å². The van der Waals surface area contributed by atoms with Gasteiger partial charge in [0.1, 0.15) is 11.6 Å². The fraction of sp³-hybridized carbons (Fsp3) is 0.231. The highest BCUT2D eigenvalue weighted by Gasteiger charge is 2.04. The molecular formula is C13H14ClFN4. The quantitative estimate of drug-likeness (QED) is 0.874. The molecule has 0 amide bonds. The lowest BCUT2D eigenvalue weighted by molar-refractivity contribution is 0.628. The molecule has 1 aromatic carbocycles. The highest BCUT2D eigenvalue weighted by atomic mass is 35.5. The first-order valence-corrected chi connectivity index (χ1v) is 6.35. The van der Waals surface area contributed by atoms with Crippen LogP contribution in [-0.4, -0.2) is 16.5 Å². The predicted octanol–water partition coefficient (Wildman–Crippen LogP) is 3.83. The summed E-state index contributed by atoms with van der Waals surface area (Å²) in [5.74, 6) is 0.813.